The Hall–Kier alpha value is -1.00. The van der Waals surface area contributed by atoms with Crippen LogP contribution in [-0.2, 0) is 4.74 Å². The molecule has 0 radical (unpaired) electrons. The number of halogens is 2. The Morgan fingerprint density at radius 2 is 2.11 bits per heavy atom. The summed E-state index contributed by atoms with van der Waals surface area (Å²) in [6.07, 6.45) is 3.44. The maximum Gasteiger partial charge on any atom is 0.164 e. The van der Waals surface area contributed by atoms with Crippen molar-refractivity contribution in [3.63, 3.8) is 0 Å². The Morgan fingerprint density at radius 1 is 1.32 bits per heavy atom. The minimum atomic E-state index is -0.972. The molecule has 4 heteroatoms. The Labute approximate surface area is 112 Å². The molecule has 1 fully saturated rings. The van der Waals surface area contributed by atoms with Gasteiger partial charge in [0.25, 0.3) is 0 Å². The van der Waals surface area contributed by atoms with Crippen molar-refractivity contribution in [2.75, 3.05) is 6.61 Å². The number of benzene rings is 1. The first-order valence-corrected chi connectivity index (χ1v) is 6.83. The first-order valence-electron chi connectivity index (χ1n) is 6.83. The lowest BCUT2D eigenvalue weighted by Gasteiger charge is -2.23. The molecule has 2 unspecified atom stereocenters. The third-order valence-electron chi connectivity index (χ3n) is 3.70. The van der Waals surface area contributed by atoms with E-state index < -0.39 is 17.7 Å². The van der Waals surface area contributed by atoms with Gasteiger partial charge in [0.05, 0.1) is 12.2 Å². The molecule has 1 aliphatic heterocycles. The van der Waals surface area contributed by atoms with Crippen molar-refractivity contribution < 1.29 is 18.6 Å². The van der Waals surface area contributed by atoms with Crippen LogP contribution >= 0.6 is 0 Å². The van der Waals surface area contributed by atoms with Crippen molar-refractivity contribution in [2.45, 2.75) is 51.2 Å². The summed E-state index contributed by atoms with van der Waals surface area (Å²) < 4.78 is 32.7. The highest BCUT2D eigenvalue weighted by molar-refractivity contribution is 5.26. The lowest BCUT2D eigenvalue weighted by Crippen LogP contribution is -2.19. The van der Waals surface area contributed by atoms with Gasteiger partial charge in [-0.15, -0.1) is 0 Å². The minimum absolute atomic E-state index is 0.0407. The zero-order valence-corrected chi connectivity index (χ0v) is 11.2. The average molecular weight is 270 g/mol. The Bertz CT molecular complexity index is 428. The van der Waals surface area contributed by atoms with Gasteiger partial charge in [0.2, 0.25) is 0 Å². The Kier molecular flexibility index (Phi) is 4.88. The predicted octanol–water partition coefficient (Wildman–Crippen LogP) is 3.66. The van der Waals surface area contributed by atoms with Crippen LogP contribution < -0.4 is 0 Å². The molecule has 1 aromatic carbocycles. The summed E-state index contributed by atoms with van der Waals surface area (Å²) in [5.41, 5.74) is 0.294. The topological polar surface area (TPSA) is 29.5 Å². The predicted molar refractivity (Wildman–Crippen MR) is 68.9 cm³/mol. The molecular weight excluding hydrogens is 250 g/mol. The van der Waals surface area contributed by atoms with Gasteiger partial charge in [-0.25, -0.2) is 8.78 Å². The van der Waals surface area contributed by atoms with Crippen LogP contribution in [0, 0.1) is 18.6 Å². The molecule has 0 amide bonds. The molecule has 19 heavy (non-hydrogen) atoms. The standard InChI is InChI=1S/C15H20F2O2/c1-10-5-7-12(15(17)14(10)16)13(18)8-6-11-4-2-3-9-19-11/h5,7,11,13,18H,2-4,6,8-9H2,1H3. The van der Waals surface area contributed by atoms with Crippen molar-refractivity contribution in [1.82, 2.24) is 0 Å². The Balaban J connectivity index is 1.95. The molecule has 0 aliphatic carbocycles. The number of aliphatic hydroxyl groups excluding tert-OH is 1. The van der Waals surface area contributed by atoms with E-state index in [0.29, 0.717) is 12.8 Å². The van der Waals surface area contributed by atoms with Crippen LogP contribution in [0.25, 0.3) is 0 Å². The van der Waals surface area contributed by atoms with Gasteiger partial charge in [-0.1, -0.05) is 12.1 Å². The van der Waals surface area contributed by atoms with Gasteiger partial charge in [0.1, 0.15) is 0 Å². The van der Waals surface area contributed by atoms with E-state index in [2.05, 4.69) is 0 Å². The molecule has 106 valence electrons. The SMILES string of the molecule is Cc1ccc(C(O)CCC2CCCCO2)c(F)c1F. The molecule has 2 nitrogen and oxygen atoms in total. The Morgan fingerprint density at radius 3 is 2.79 bits per heavy atom. The van der Waals surface area contributed by atoms with Crippen LogP contribution in [0.1, 0.15) is 49.3 Å². The summed E-state index contributed by atoms with van der Waals surface area (Å²) in [5, 5.41) is 9.99. The van der Waals surface area contributed by atoms with Crippen LogP contribution in [0.15, 0.2) is 12.1 Å². The second-order valence-corrected chi connectivity index (χ2v) is 5.18. The number of hydrogen-bond donors (Lipinski definition) is 1. The third kappa shape index (κ3) is 3.51. The first-order chi connectivity index (χ1) is 9.09. The van der Waals surface area contributed by atoms with E-state index in [1.165, 1.54) is 19.1 Å². The lowest BCUT2D eigenvalue weighted by molar-refractivity contribution is 0.00186. The van der Waals surface area contributed by atoms with Crippen LogP contribution in [0.3, 0.4) is 0 Å². The molecule has 2 atom stereocenters. The number of aryl methyl sites for hydroxylation is 1. The number of rotatable bonds is 4. The van der Waals surface area contributed by atoms with E-state index in [4.69, 9.17) is 4.74 Å². The highest BCUT2D eigenvalue weighted by Crippen LogP contribution is 2.27. The molecule has 1 heterocycles. The quantitative estimate of drug-likeness (QED) is 0.904. The maximum absolute atomic E-state index is 13.7. The normalized spacial score (nSPS) is 21.4. The van der Waals surface area contributed by atoms with E-state index in [1.807, 2.05) is 0 Å². The van der Waals surface area contributed by atoms with Gasteiger partial charge < -0.3 is 9.84 Å². The molecule has 1 saturated heterocycles. The summed E-state index contributed by atoms with van der Waals surface area (Å²) in [5.74, 6) is -1.80. The number of hydrogen-bond acceptors (Lipinski definition) is 2. The van der Waals surface area contributed by atoms with E-state index in [9.17, 15) is 13.9 Å². The third-order valence-corrected chi connectivity index (χ3v) is 3.70. The molecule has 1 aliphatic rings. The summed E-state index contributed by atoms with van der Waals surface area (Å²) >= 11 is 0. The van der Waals surface area contributed by atoms with Gasteiger partial charge >= 0.3 is 0 Å². The van der Waals surface area contributed by atoms with Crippen molar-refractivity contribution in [3.05, 3.63) is 34.9 Å². The molecule has 0 spiro atoms. The zero-order valence-electron chi connectivity index (χ0n) is 11.2. The first kappa shape index (κ1) is 14.4. The van der Waals surface area contributed by atoms with Gasteiger partial charge in [0.15, 0.2) is 11.6 Å². The number of ether oxygens (including phenoxy) is 1. The van der Waals surface area contributed by atoms with E-state index >= 15 is 0 Å². The fourth-order valence-corrected chi connectivity index (χ4v) is 2.45. The summed E-state index contributed by atoms with van der Waals surface area (Å²) in [4.78, 5) is 0. The molecule has 2 rings (SSSR count). The largest absolute Gasteiger partial charge is 0.388 e. The highest BCUT2D eigenvalue weighted by Gasteiger charge is 2.20. The van der Waals surface area contributed by atoms with E-state index in [-0.39, 0.29) is 17.2 Å². The molecule has 1 N–H and O–H groups in total. The van der Waals surface area contributed by atoms with E-state index in [0.717, 1.165) is 25.9 Å². The minimum Gasteiger partial charge on any atom is -0.388 e. The van der Waals surface area contributed by atoms with Gasteiger partial charge in [-0.05, 0) is 44.6 Å². The van der Waals surface area contributed by atoms with Crippen LogP contribution in [-0.4, -0.2) is 17.8 Å². The lowest BCUT2D eigenvalue weighted by atomic mass is 9.98. The van der Waals surface area contributed by atoms with E-state index in [1.54, 1.807) is 0 Å². The fourth-order valence-electron chi connectivity index (χ4n) is 2.45. The second kappa shape index (κ2) is 6.44. The molecule has 0 saturated carbocycles. The smallest absolute Gasteiger partial charge is 0.164 e. The summed E-state index contributed by atoms with van der Waals surface area (Å²) in [6, 6.07) is 2.95. The maximum atomic E-state index is 13.7. The van der Waals surface area contributed by atoms with Gasteiger partial charge in [0, 0.05) is 12.2 Å². The van der Waals surface area contributed by atoms with Crippen molar-refractivity contribution in [2.24, 2.45) is 0 Å². The van der Waals surface area contributed by atoms with Crippen molar-refractivity contribution in [1.29, 1.82) is 0 Å². The molecule has 1 aromatic rings. The molecule has 0 aromatic heterocycles. The van der Waals surface area contributed by atoms with Crippen LogP contribution in [0.5, 0.6) is 0 Å². The number of aliphatic hydroxyl groups is 1. The average Bonchev–Trinajstić information content (AvgIpc) is 2.43. The van der Waals surface area contributed by atoms with Gasteiger partial charge in [-0.2, -0.15) is 0 Å². The zero-order chi connectivity index (χ0) is 13.8. The molecule has 0 bridgehead atoms. The summed E-state index contributed by atoms with van der Waals surface area (Å²) in [6.45, 7) is 2.26. The van der Waals surface area contributed by atoms with Crippen molar-refractivity contribution >= 4 is 0 Å². The summed E-state index contributed by atoms with van der Waals surface area (Å²) in [7, 11) is 0. The molecular formula is C15H20F2O2. The monoisotopic (exact) mass is 270 g/mol. The van der Waals surface area contributed by atoms with Crippen LogP contribution in [0.2, 0.25) is 0 Å². The van der Waals surface area contributed by atoms with Gasteiger partial charge in [-0.3, -0.25) is 0 Å². The second-order valence-electron chi connectivity index (χ2n) is 5.18. The fraction of sp³-hybridized carbons (Fsp3) is 0.600. The highest BCUT2D eigenvalue weighted by atomic mass is 19.2. The van der Waals surface area contributed by atoms with Crippen molar-refractivity contribution in [3.8, 4) is 0 Å². The van der Waals surface area contributed by atoms with Crippen LogP contribution in [0.4, 0.5) is 8.78 Å².